The molecule has 0 saturated carbocycles. The fourth-order valence-corrected chi connectivity index (χ4v) is 2.53. The van der Waals surface area contributed by atoms with E-state index in [0.717, 1.165) is 16.5 Å². The van der Waals surface area contributed by atoms with E-state index in [2.05, 4.69) is 10.3 Å². The minimum Gasteiger partial charge on any atom is -0.481 e. The molecule has 0 unspecified atom stereocenters. The Hall–Kier alpha value is -2.08. The summed E-state index contributed by atoms with van der Waals surface area (Å²) in [6.07, 6.45) is 1.99. The summed E-state index contributed by atoms with van der Waals surface area (Å²) in [7, 11) is 0. The second kappa shape index (κ2) is 7.64. The molecule has 2 rings (SSSR count). The summed E-state index contributed by atoms with van der Waals surface area (Å²) < 4.78 is 0. The van der Waals surface area contributed by atoms with E-state index in [4.69, 9.17) is 5.11 Å². The van der Waals surface area contributed by atoms with Gasteiger partial charge in [-0.15, -0.1) is 11.8 Å². The van der Waals surface area contributed by atoms with Crippen molar-refractivity contribution in [3.05, 3.63) is 42.1 Å². The molecule has 0 aliphatic heterocycles. The molecule has 0 saturated heterocycles. The van der Waals surface area contributed by atoms with Crippen molar-refractivity contribution in [1.82, 2.24) is 10.3 Å². The number of para-hydroxylation sites is 1. The Kier molecular flexibility index (Phi) is 5.57. The summed E-state index contributed by atoms with van der Waals surface area (Å²) in [5.41, 5.74) is 1.74. The van der Waals surface area contributed by atoms with E-state index < -0.39 is 5.97 Å². The highest BCUT2D eigenvalue weighted by atomic mass is 32.2. The first-order valence-electron chi connectivity index (χ1n) is 6.55. The summed E-state index contributed by atoms with van der Waals surface area (Å²) in [5, 5.41) is 12.3. The van der Waals surface area contributed by atoms with Crippen molar-refractivity contribution in [2.75, 3.05) is 18.1 Å². The lowest BCUT2D eigenvalue weighted by Gasteiger charge is -2.07. The van der Waals surface area contributed by atoms with Crippen molar-refractivity contribution in [2.45, 2.75) is 6.42 Å². The number of aliphatic carboxylic acids is 1. The normalized spacial score (nSPS) is 10.5. The summed E-state index contributed by atoms with van der Waals surface area (Å²) in [6, 6.07) is 9.61. The van der Waals surface area contributed by atoms with Gasteiger partial charge in [0.15, 0.2) is 0 Å². The van der Waals surface area contributed by atoms with Crippen molar-refractivity contribution in [3.63, 3.8) is 0 Å². The third-order valence-electron chi connectivity index (χ3n) is 2.86. The van der Waals surface area contributed by atoms with Crippen LogP contribution in [0.25, 0.3) is 10.9 Å². The van der Waals surface area contributed by atoms with E-state index in [9.17, 15) is 9.59 Å². The maximum atomic E-state index is 11.9. The molecule has 0 radical (unpaired) electrons. The lowest BCUT2D eigenvalue weighted by atomic mass is 10.1. The Labute approximate surface area is 126 Å². The fraction of sp³-hybridized carbons (Fsp3) is 0.267. The first-order valence-corrected chi connectivity index (χ1v) is 7.71. The number of nitrogens with zero attached hydrogens (tertiary/aromatic N) is 1. The molecule has 0 atom stereocenters. The minimum absolute atomic E-state index is 0.0586. The standard InChI is InChI=1S/C15H16N2O3S/c18-13(16-7-8-21-10-14(19)20)9-12-4-1-3-11-5-2-6-17-15(11)12/h1-6H,7-10H2,(H,16,18)(H,19,20). The number of benzene rings is 1. The largest absolute Gasteiger partial charge is 0.481 e. The lowest BCUT2D eigenvalue weighted by molar-refractivity contribution is -0.133. The molecule has 2 N–H and O–H groups in total. The molecule has 1 heterocycles. The highest BCUT2D eigenvalue weighted by Gasteiger charge is 2.07. The zero-order valence-corrected chi connectivity index (χ0v) is 12.2. The molecule has 110 valence electrons. The molecule has 5 nitrogen and oxygen atoms in total. The summed E-state index contributed by atoms with van der Waals surface area (Å²) in [6.45, 7) is 0.467. The molecule has 1 amide bonds. The molecule has 0 spiro atoms. The van der Waals surface area contributed by atoms with Crippen LogP contribution in [0.15, 0.2) is 36.5 Å². The number of hydrogen-bond acceptors (Lipinski definition) is 4. The topological polar surface area (TPSA) is 79.3 Å². The van der Waals surface area contributed by atoms with E-state index in [1.54, 1.807) is 6.20 Å². The zero-order chi connectivity index (χ0) is 15.1. The Bertz CT molecular complexity index is 640. The van der Waals surface area contributed by atoms with Crippen LogP contribution in [0.2, 0.25) is 0 Å². The summed E-state index contributed by atoms with van der Waals surface area (Å²) >= 11 is 1.29. The second-order valence-corrected chi connectivity index (χ2v) is 5.57. The number of carboxylic acids is 1. The monoisotopic (exact) mass is 304 g/mol. The second-order valence-electron chi connectivity index (χ2n) is 4.47. The van der Waals surface area contributed by atoms with Gasteiger partial charge < -0.3 is 10.4 Å². The highest BCUT2D eigenvalue weighted by molar-refractivity contribution is 7.99. The molecule has 0 aliphatic rings. The number of aromatic nitrogens is 1. The van der Waals surface area contributed by atoms with Crippen LogP contribution in [0.4, 0.5) is 0 Å². The molecule has 21 heavy (non-hydrogen) atoms. The SMILES string of the molecule is O=C(O)CSCCNC(=O)Cc1cccc2cccnc12. The number of hydrogen-bond donors (Lipinski definition) is 2. The number of thioether (sulfide) groups is 1. The van der Waals surface area contributed by atoms with Gasteiger partial charge >= 0.3 is 5.97 Å². The minimum atomic E-state index is -0.840. The third-order valence-corrected chi connectivity index (χ3v) is 3.81. The van der Waals surface area contributed by atoms with Gasteiger partial charge in [-0.25, -0.2) is 0 Å². The van der Waals surface area contributed by atoms with Crippen LogP contribution in [0.1, 0.15) is 5.56 Å². The number of carbonyl (C=O) groups excluding carboxylic acids is 1. The molecular weight excluding hydrogens is 288 g/mol. The number of carboxylic acid groups (broad SMARTS) is 1. The zero-order valence-electron chi connectivity index (χ0n) is 11.4. The summed E-state index contributed by atoms with van der Waals surface area (Å²) in [5.74, 6) is -0.271. The molecule has 2 aromatic rings. The predicted octanol–water partition coefficient (Wildman–Crippen LogP) is 1.71. The van der Waals surface area contributed by atoms with Crippen LogP contribution in [0.3, 0.4) is 0 Å². The predicted molar refractivity (Wildman–Crippen MR) is 83.4 cm³/mol. The average Bonchev–Trinajstić information content (AvgIpc) is 2.47. The van der Waals surface area contributed by atoms with Crippen LogP contribution in [-0.4, -0.2) is 40.0 Å². The molecule has 0 aliphatic carbocycles. The fourth-order valence-electron chi connectivity index (χ4n) is 1.97. The van der Waals surface area contributed by atoms with Crippen molar-refractivity contribution >= 4 is 34.5 Å². The van der Waals surface area contributed by atoms with Crippen molar-refractivity contribution in [2.24, 2.45) is 0 Å². The first-order chi connectivity index (χ1) is 10.2. The average molecular weight is 304 g/mol. The Balaban J connectivity index is 1.86. The quantitative estimate of drug-likeness (QED) is 0.761. The first kappa shape index (κ1) is 15.3. The number of amides is 1. The van der Waals surface area contributed by atoms with E-state index in [1.165, 1.54) is 11.8 Å². The van der Waals surface area contributed by atoms with Crippen LogP contribution in [0, 0.1) is 0 Å². The van der Waals surface area contributed by atoms with Gasteiger partial charge in [-0.1, -0.05) is 24.3 Å². The van der Waals surface area contributed by atoms with E-state index in [1.807, 2.05) is 30.3 Å². The number of fused-ring (bicyclic) bond motifs is 1. The van der Waals surface area contributed by atoms with Crippen LogP contribution in [0.5, 0.6) is 0 Å². The molecule has 1 aromatic heterocycles. The smallest absolute Gasteiger partial charge is 0.313 e. The highest BCUT2D eigenvalue weighted by Crippen LogP contribution is 2.16. The maximum absolute atomic E-state index is 11.9. The molecule has 0 fully saturated rings. The van der Waals surface area contributed by atoms with Gasteiger partial charge in [0.2, 0.25) is 5.91 Å². The van der Waals surface area contributed by atoms with Gasteiger partial charge in [-0.05, 0) is 11.6 Å². The van der Waals surface area contributed by atoms with Gasteiger partial charge in [0.25, 0.3) is 0 Å². The number of rotatable bonds is 7. The van der Waals surface area contributed by atoms with Crippen LogP contribution in [-0.2, 0) is 16.0 Å². The third kappa shape index (κ3) is 4.75. The maximum Gasteiger partial charge on any atom is 0.313 e. The Morgan fingerprint density at radius 1 is 1.24 bits per heavy atom. The van der Waals surface area contributed by atoms with Crippen LogP contribution < -0.4 is 5.32 Å². The Morgan fingerprint density at radius 3 is 2.86 bits per heavy atom. The lowest BCUT2D eigenvalue weighted by Crippen LogP contribution is -2.27. The van der Waals surface area contributed by atoms with Gasteiger partial charge in [0, 0.05) is 23.9 Å². The van der Waals surface area contributed by atoms with Crippen molar-refractivity contribution < 1.29 is 14.7 Å². The van der Waals surface area contributed by atoms with E-state index in [0.29, 0.717) is 12.3 Å². The summed E-state index contributed by atoms with van der Waals surface area (Å²) in [4.78, 5) is 26.5. The number of nitrogens with one attached hydrogen (secondary N) is 1. The van der Waals surface area contributed by atoms with Crippen molar-refractivity contribution in [3.8, 4) is 0 Å². The van der Waals surface area contributed by atoms with Gasteiger partial charge in [0.1, 0.15) is 0 Å². The molecule has 0 bridgehead atoms. The van der Waals surface area contributed by atoms with E-state index in [-0.39, 0.29) is 18.1 Å². The number of pyridine rings is 1. The van der Waals surface area contributed by atoms with Gasteiger partial charge in [-0.3, -0.25) is 14.6 Å². The molecule has 1 aromatic carbocycles. The molecular formula is C15H16N2O3S. The van der Waals surface area contributed by atoms with Gasteiger partial charge in [-0.2, -0.15) is 0 Å². The van der Waals surface area contributed by atoms with Crippen molar-refractivity contribution in [1.29, 1.82) is 0 Å². The van der Waals surface area contributed by atoms with E-state index >= 15 is 0 Å². The molecule has 6 heteroatoms. The van der Waals surface area contributed by atoms with Crippen LogP contribution >= 0.6 is 11.8 Å². The number of carbonyl (C=O) groups is 2. The Morgan fingerprint density at radius 2 is 2.05 bits per heavy atom. The van der Waals surface area contributed by atoms with Gasteiger partial charge in [0.05, 0.1) is 17.7 Å².